The number of rotatable bonds is 23. The highest BCUT2D eigenvalue weighted by atomic mass is 16.7. The van der Waals surface area contributed by atoms with Gasteiger partial charge in [-0.05, 0) is 31.1 Å². The summed E-state index contributed by atoms with van der Waals surface area (Å²) in [7, 11) is 0. The van der Waals surface area contributed by atoms with Gasteiger partial charge < -0.3 is 45.4 Å². The number of aliphatic hydroxyl groups excluding tert-OH is 6. The molecular formula is C31H59NO9. The molecule has 1 aliphatic heterocycles. The number of ether oxygens (including phenoxy) is 2. The second kappa shape index (κ2) is 20.7. The van der Waals surface area contributed by atoms with Crippen LogP contribution >= 0.6 is 0 Å². The molecule has 41 heavy (non-hydrogen) atoms. The first-order chi connectivity index (χ1) is 19.6. The molecule has 10 nitrogen and oxygen atoms in total. The number of hydrogen-bond donors (Lipinski definition) is 7. The van der Waals surface area contributed by atoms with Gasteiger partial charge in [-0.3, -0.25) is 4.79 Å². The number of amides is 1. The molecule has 242 valence electrons. The lowest BCUT2D eigenvalue weighted by Crippen LogP contribution is -2.60. The molecule has 0 aliphatic carbocycles. The monoisotopic (exact) mass is 589 g/mol. The lowest BCUT2D eigenvalue weighted by atomic mass is 9.75. The van der Waals surface area contributed by atoms with Crippen LogP contribution in [0.3, 0.4) is 0 Å². The summed E-state index contributed by atoms with van der Waals surface area (Å²) in [5, 5.41) is 62.8. The molecule has 1 heterocycles. The van der Waals surface area contributed by atoms with Crippen molar-refractivity contribution in [3.63, 3.8) is 0 Å². The second-order valence-corrected chi connectivity index (χ2v) is 11.7. The summed E-state index contributed by atoms with van der Waals surface area (Å²) >= 11 is 0. The zero-order valence-corrected chi connectivity index (χ0v) is 25.6. The third-order valence-electron chi connectivity index (χ3n) is 8.80. The Kier molecular flexibility index (Phi) is 19.2. The van der Waals surface area contributed by atoms with E-state index in [2.05, 4.69) is 31.8 Å². The number of nitrogens with one attached hydrogen (secondary N) is 1. The van der Waals surface area contributed by atoms with Crippen LogP contribution in [0.25, 0.3) is 0 Å². The zero-order valence-electron chi connectivity index (χ0n) is 25.6. The number of unbranched alkanes of at least 4 members (excludes halogenated alkanes) is 7. The zero-order chi connectivity index (χ0) is 30.8. The summed E-state index contributed by atoms with van der Waals surface area (Å²) in [6.07, 6.45) is 6.39. The van der Waals surface area contributed by atoms with Crippen molar-refractivity contribution in [2.75, 3.05) is 13.2 Å². The predicted octanol–water partition coefficient (Wildman–Crippen LogP) is 2.70. The smallest absolute Gasteiger partial charge is 0.220 e. The van der Waals surface area contributed by atoms with Crippen LogP contribution in [-0.2, 0) is 14.3 Å². The normalized spacial score (nSPS) is 25.4. The average Bonchev–Trinajstić information content (AvgIpc) is 2.98. The summed E-state index contributed by atoms with van der Waals surface area (Å²) < 4.78 is 10.8. The Bertz CT molecular complexity index is 703. The molecule has 1 aliphatic rings. The molecule has 0 aromatic heterocycles. The maximum absolute atomic E-state index is 12.6. The van der Waals surface area contributed by atoms with Crippen molar-refractivity contribution in [3.8, 4) is 0 Å². The van der Waals surface area contributed by atoms with Crippen LogP contribution < -0.4 is 5.32 Å². The van der Waals surface area contributed by atoms with Crippen LogP contribution in [0.5, 0.6) is 0 Å². The van der Waals surface area contributed by atoms with Gasteiger partial charge in [-0.1, -0.05) is 84.6 Å². The van der Waals surface area contributed by atoms with E-state index in [4.69, 9.17) is 9.47 Å². The number of aliphatic hydroxyl groups is 6. The molecular weight excluding hydrogens is 530 g/mol. The van der Waals surface area contributed by atoms with Crippen molar-refractivity contribution in [1.82, 2.24) is 5.32 Å². The lowest BCUT2D eigenvalue weighted by molar-refractivity contribution is -0.303. The van der Waals surface area contributed by atoms with Crippen molar-refractivity contribution < 1.29 is 44.9 Å². The van der Waals surface area contributed by atoms with E-state index in [1.807, 2.05) is 0 Å². The van der Waals surface area contributed by atoms with E-state index in [9.17, 15) is 35.4 Å². The van der Waals surface area contributed by atoms with Gasteiger partial charge in [-0.2, -0.15) is 0 Å². The van der Waals surface area contributed by atoms with E-state index in [0.29, 0.717) is 11.8 Å². The van der Waals surface area contributed by atoms with Gasteiger partial charge >= 0.3 is 0 Å². The highest BCUT2D eigenvalue weighted by Gasteiger charge is 2.44. The van der Waals surface area contributed by atoms with Gasteiger partial charge in [0.1, 0.15) is 30.5 Å². The topological polar surface area (TPSA) is 169 Å². The number of allylic oxidation sites excluding steroid dienone is 1. The first kappa shape index (κ1) is 37.9. The third-order valence-corrected chi connectivity index (χ3v) is 8.80. The van der Waals surface area contributed by atoms with Crippen molar-refractivity contribution in [1.29, 1.82) is 0 Å². The molecule has 1 rings (SSSR count). The van der Waals surface area contributed by atoms with Gasteiger partial charge in [0.2, 0.25) is 5.91 Å². The largest absolute Gasteiger partial charge is 0.394 e. The molecule has 0 aromatic carbocycles. The Morgan fingerprint density at radius 3 is 2.07 bits per heavy atom. The summed E-state index contributed by atoms with van der Waals surface area (Å²) in [5.41, 5.74) is 0.415. The maximum Gasteiger partial charge on any atom is 0.220 e. The maximum atomic E-state index is 12.6. The molecule has 1 saturated heterocycles. The van der Waals surface area contributed by atoms with Crippen LogP contribution in [0.1, 0.15) is 111 Å². The highest BCUT2D eigenvalue weighted by Crippen LogP contribution is 2.36. The van der Waals surface area contributed by atoms with Crippen LogP contribution in [-0.4, -0.2) is 98.7 Å². The molecule has 1 fully saturated rings. The molecule has 0 bridgehead atoms. The Morgan fingerprint density at radius 2 is 1.54 bits per heavy atom. The van der Waals surface area contributed by atoms with Gasteiger partial charge in [0.05, 0.1) is 25.4 Å². The minimum atomic E-state index is -1.60. The predicted molar refractivity (Wildman–Crippen MR) is 158 cm³/mol. The molecule has 1 amide bonds. The molecule has 7 N–H and O–H groups in total. The van der Waals surface area contributed by atoms with Gasteiger partial charge in [-0.15, -0.1) is 6.58 Å². The Labute approximate surface area is 247 Å². The molecule has 0 aromatic rings. The van der Waals surface area contributed by atoms with E-state index in [-0.39, 0.29) is 25.4 Å². The fourth-order valence-corrected chi connectivity index (χ4v) is 5.56. The summed E-state index contributed by atoms with van der Waals surface area (Å²) in [6, 6.07) is -0.990. The molecule has 0 saturated carbocycles. The minimum absolute atomic E-state index is 0.250. The molecule has 0 spiro atoms. The Morgan fingerprint density at radius 1 is 0.951 bits per heavy atom. The van der Waals surface area contributed by atoms with E-state index < -0.39 is 55.6 Å². The third kappa shape index (κ3) is 13.0. The van der Waals surface area contributed by atoms with Gasteiger partial charge in [0.25, 0.3) is 0 Å². The standard InChI is InChI=1S/C31H59NO9/c1-5-18-31(7-3,8-4)19-16-14-12-10-9-11-13-15-17-25(35)32-22(26(36)23(34)6-2)21-40-30-29(39)28(38)27(37)24(20-33)41-30/h5,22-24,26-30,33-34,36-39H,1,6-21H2,2-4H3,(H,32,35)/t22-,23+,24?,26-,27?,28?,29?,30?/m0/s1. The molecule has 0 radical (unpaired) electrons. The first-order valence-electron chi connectivity index (χ1n) is 15.8. The first-order valence-corrected chi connectivity index (χ1v) is 15.8. The Hall–Kier alpha value is -1.11. The van der Waals surface area contributed by atoms with Crippen LogP contribution in [0.4, 0.5) is 0 Å². The summed E-state index contributed by atoms with van der Waals surface area (Å²) in [4.78, 5) is 12.6. The van der Waals surface area contributed by atoms with Crippen molar-refractivity contribution in [3.05, 3.63) is 12.7 Å². The summed E-state index contributed by atoms with van der Waals surface area (Å²) in [5.74, 6) is -0.287. The molecule has 10 heteroatoms. The van der Waals surface area contributed by atoms with E-state index >= 15 is 0 Å². The van der Waals surface area contributed by atoms with Gasteiger partial charge in [-0.25, -0.2) is 0 Å². The number of carbonyl (C=O) groups excluding carboxylic acids is 1. The second-order valence-electron chi connectivity index (χ2n) is 11.7. The van der Waals surface area contributed by atoms with Gasteiger partial charge in [0, 0.05) is 6.42 Å². The fraction of sp³-hybridized carbons (Fsp3) is 0.903. The van der Waals surface area contributed by atoms with Gasteiger partial charge in [0.15, 0.2) is 6.29 Å². The Balaban J connectivity index is 2.38. The van der Waals surface area contributed by atoms with E-state index in [1.54, 1.807) is 6.92 Å². The van der Waals surface area contributed by atoms with E-state index in [0.717, 1.165) is 25.7 Å². The lowest BCUT2D eigenvalue weighted by Gasteiger charge is -2.40. The fourth-order valence-electron chi connectivity index (χ4n) is 5.56. The molecule has 8 atom stereocenters. The van der Waals surface area contributed by atoms with Crippen molar-refractivity contribution >= 4 is 5.91 Å². The van der Waals surface area contributed by atoms with E-state index in [1.165, 1.54) is 44.9 Å². The molecule has 5 unspecified atom stereocenters. The van der Waals surface area contributed by atoms with Crippen LogP contribution in [0.15, 0.2) is 12.7 Å². The average molecular weight is 590 g/mol. The quantitative estimate of drug-likeness (QED) is 0.0700. The minimum Gasteiger partial charge on any atom is -0.394 e. The van der Waals surface area contributed by atoms with Crippen LogP contribution in [0, 0.1) is 5.41 Å². The SMILES string of the molecule is C=CCC(CC)(CC)CCCCCCCCCCC(=O)N[C@@H](COC1OC(CO)C(O)C(O)C1O)[C@H](O)[C@H](O)CC. The summed E-state index contributed by atoms with van der Waals surface area (Å²) in [6.45, 7) is 9.26. The van der Waals surface area contributed by atoms with Crippen LogP contribution in [0.2, 0.25) is 0 Å². The highest BCUT2D eigenvalue weighted by molar-refractivity contribution is 5.76. The van der Waals surface area contributed by atoms with Crippen molar-refractivity contribution in [2.45, 2.75) is 160 Å². The number of hydrogen-bond acceptors (Lipinski definition) is 9. The van der Waals surface area contributed by atoms with Crippen molar-refractivity contribution in [2.24, 2.45) is 5.41 Å². The number of carbonyl (C=O) groups is 1.